The first-order chi connectivity index (χ1) is 9.81. The topological polar surface area (TPSA) is 40.7 Å². The molecule has 0 radical (unpaired) electrons. The molecule has 0 aliphatic heterocycles. The number of rotatable bonds is 5. The Hall–Kier alpha value is -2.36. The number of fused-ring (bicyclic) bond motifs is 1. The second kappa shape index (κ2) is 5.74. The number of aromatic nitrogens is 2. The molecule has 0 spiro atoms. The van der Waals surface area contributed by atoms with E-state index in [0.29, 0.717) is 0 Å². The Balaban J connectivity index is 1.55. The van der Waals surface area contributed by atoms with Gasteiger partial charge in [0, 0.05) is 18.7 Å². The smallest absolute Gasteiger partial charge is 0.125 e. The molecular formula is C16H16FN3. The Kier molecular flexibility index (Phi) is 3.63. The molecule has 1 heterocycles. The van der Waals surface area contributed by atoms with Crippen LogP contribution in [0.1, 0.15) is 12.2 Å². The Labute approximate surface area is 116 Å². The van der Waals surface area contributed by atoms with Crippen LogP contribution in [0.15, 0.2) is 48.5 Å². The molecular weight excluding hydrogens is 253 g/mol. The van der Waals surface area contributed by atoms with E-state index in [-0.39, 0.29) is 5.82 Å². The predicted molar refractivity (Wildman–Crippen MR) is 79.3 cm³/mol. The molecule has 0 aliphatic carbocycles. The summed E-state index contributed by atoms with van der Waals surface area (Å²) in [5.41, 5.74) is 2.70. The fourth-order valence-electron chi connectivity index (χ4n) is 2.20. The van der Waals surface area contributed by atoms with Gasteiger partial charge in [0.15, 0.2) is 0 Å². The lowest BCUT2D eigenvalue weighted by atomic mass is 10.2. The monoisotopic (exact) mass is 269 g/mol. The lowest BCUT2D eigenvalue weighted by Crippen LogP contribution is -2.03. The maximum atomic E-state index is 13.1. The van der Waals surface area contributed by atoms with Crippen LogP contribution < -0.4 is 5.32 Å². The van der Waals surface area contributed by atoms with Gasteiger partial charge in [-0.15, -0.1) is 0 Å². The SMILES string of the molecule is Fc1ccc2nc(CCCNc3ccccc3)[nH]c2c1. The Bertz CT molecular complexity index is 691. The third-order valence-corrected chi connectivity index (χ3v) is 3.19. The molecule has 1 aromatic heterocycles. The predicted octanol–water partition coefficient (Wildman–Crippen LogP) is 3.75. The largest absolute Gasteiger partial charge is 0.385 e. The van der Waals surface area contributed by atoms with Crippen LogP contribution in [0, 0.1) is 5.82 Å². The number of anilines is 1. The summed E-state index contributed by atoms with van der Waals surface area (Å²) in [6.45, 7) is 0.884. The molecule has 20 heavy (non-hydrogen) atoms. The van der Waals surface area contributed by atoms with Crippen molar-refractivity contribution in [2.24, 2.45) is 0 Å². The van der Waals surface area contributed by atoms with Crippen LogP contribution in [0.4, 0.5) is 10.1 Å². The first-order valence-electron chi connectivity index (χ1n) is 6.74. The van der Waals surface area contributed by atoms with Crippen molar-refractivity contribution in [3.63, 3.8) is 0 Å². The molecule has 0 fully saturated rings. The van der Waals surface area contributed by atoms with E-state index in [1.54, 1.807) is 6.07 Å². The molecule has 2 N–H and O–H groups in total. The fraction of sp³-hybridized carbons (Fsp3) is 0.188. The van der Waals surface area contributed by atoms with Gasteiger partial charge in [-0.05, 0) is 36.8 Å². The van der Waals surface area contributed by atoms with Crippen molar-refractivity contribution in [2.45, 2.75) is 12.8 Å². The summed E-state index contributed by atoms with van der Waals surface area (Å²) in [5.74, 6) is 0.666. The van der Waals surface area contributed by atoms with Gasteiger partial charge in [-0.1, -0.05) is 18.2 Å². The van der Waals surface area contributed by atoms with E-state index >= 15 is 0 Å². The summed E-state index contributed by atoms with van der Waals surface area (Å²) < 4.78 is 13.1. The van der Waals surface area contributed by atoms with Crippen molar-refractivity contribution in [1.29, 1.82) is 0 Å². The standard InChI is InChI=1S/C16H16FN3/c17-12-8-9-14-15(11-12)20-16(19-14)7-4-10-18-13-5-2-1-3-6-13/h1-3,5-6,8-9,11,18H,4,7,10H2,(H,19,20). The number of imidazole rings is 1. The number of para-hydroxylation sites is 1. The highest BCUT2D eigenvalue weighted by molar-refractivity contribution is 5.74. The van der Waals surface area contributed by atoms with Crippen molar-refractivity contribution in [3.05, 3.63) is 60.2 Å². The third-order valence-electron chi connectivity index (χ3n) is 3.19. The van der Waals surface area contributed by atoms with Gasteiger partial charge < -0.3 is 10.3 Å². The Morgan fingerprint density at radius 1 is 1.10 bits per heavy atom. The average Bonchev–Trinajstić information content (AvgIpc) is 2.86. The molecule has 0 atom stereocenters. The lowest BCUT2D eigenvalue weighted by Gasteiger charge is -2.04. The molecule has 102 valence electrons. The van der Waals surface area contributed by atoms with Gasteiger partial charge in [0.1, 0.15) is 11.6 Å². The Morgan fingerprint density at radius 3 is 2.80 bits per heavy atom. The van der Waals surface area contributed by atoms with Crippen molar-refractivity contribution in [3.8, 4) is 0 Å². The number of halogens is 1. The molecule has 0 amide bonds. The highest BCUT2D eigenvalue weighted by Gasteiger charge is 2.03. The number of hydrogen-bond donors (Lipinski definition) is 2. The van der Waals surface area contributed by atoms with E-state index in [1.165, 1.54) is 12.1 Å². The van der Waals surface area contributed by atoms with E-state index in [4.69, 9.17) is 0 Å². The van der Waals surface area contributed by atoms with Gasteiger partial charge in [-0.3, -0.25) is 0 Å². The van der Waals surface area contributed by atoms with Crippen LogP contribution in [-0.4, -0.2) is 16.5 Å². The highest BCUT2D eigenvalue weighted by atomic mass is 19.1. The second-order valence-electron chi connectivity index (χ2n) is 4.74. The van der Waals surface area contributed by atoms with Crippen LogP contribution in [0.25, 0.3) is 11.0 Å². The van der Waals surface area contributed by atoms with E-state index < -0.39 is 0 Å². The molecule has 4 heteroatoms. The zero-order valence-electron chi connectivity index (χ0n) is 11.1. The molecule has 0 unspecified atom stereocenters. The maximum Gasteiger partial charge on any atom is 0.125 e. The van der Waals surface area contributed by atoms with Crippen LogP contribution in [0.3, 0.4) is 0 Å². The molecule has 0 saturated carbocycles. The summed E-state index contributed by atoms with van der Waals surface area (Å²) in [6, 6.07) is 14.7. The zero-order valence-corrected chi connectivity index (χ0v) is 11.1. The Morgan fingerprint density at radius 2 is 1.95 bits per heavy atom. The van der Waals surface area contributed by atoms with Gasteiger partial charge in [0.25, 0.3) is 0 Å². The molecule has 3 nitrogen and oxygen atoms in total. The third kappa shape index (κ3) is 2.96. The van der Waals surface area contributed by atoms with Gasteiger partial charge in [-0.2, -0.15) is 0 Å². The first kappa shape index (κ1) is 12.7. The van der Waals surface area contributed by atoms with Crippen LogP contribution in [0.2, 0.25) is 0 Å². The zero-order chi connectivity index (χ0) is 13.8. The minimum atomic E-state index is -0.238. The number of nitrogens with one attached hydrogen (secondary N) is 2. The van der Waals surface area contributed by atoms with Crippen molar-refractivity contribution in [2.75, 3.05) is 11.9 Å². The number of hydrogen-bond acceptors (Lipinski definition) is 2. The number of aromatic amines is 1. The van der Waals surface area contributed by atoms with Crippen LogP contribution in [-0.2, 0) is 6.42 Å². The summed E-state index contributed by atoms with van der Waals surface area (Å²) in [4.78, 5) is 7.60. The minimum Gasteiger partial charge on any atom is -0.385 e. The molecule has 3 rings (SSSR count). The molecule has 0 bridgehead atoms. The average molecular weight is 269 g/mol. The number of nitrogens with zero attached hydrogens (tertiary/aromatic N) is 1. The highest BCUT2D eigenvalue weighted by Crippen LogP contribution is 2.14. The van der Waals surface area contributed by atoms with E-state index in [1.807, 2.05) is 30.3 Å². The normalized spacial score (nSPS) is 10.8. The van der Waals surface area contributed by atoms with E-state index in [0.717, 1.165) is 41.9 Å². The number of aryl methyl sites for hydroxylation is 1. The lowest BCUT2D eigenvalue weighted by molar-refractivity contribution is 0.629. The van der Waals surface area contributed by atoms with E-state index in [9.17, 15) is 4.39 Å². The number of H-pyrrole nitrogens is 1. The number of benzene rings is 2. The first-order valence-corrected chi connectivity index (χ1v) is 6.74. The second-order valence-corrected chi connectivity index (χ2v) is 4.74. The molecule has 2 aromatic carbocycles. The summed E-state index contributed by atoms with van der Waals surface area (Å²) in [5, 5.41) is 3.36. The summed E-state index contributed by atoms with van der Waals surface area (Å²) in [7, 11) is 0. The van der Waals surface area contributed by atoms with Gasteiger partial charge in [0.2, 0.25) is 0 Å². The molecule has 0 saturated heterocycles. The van der Waals surface area contributed by atoms with Crippen LogP contribution in [0.5, 0.6) is 0 Å². The van der Waals surface area contributed by atoms with Crippen LogP contribution >= 0.6 is 0 Å². The summed E-state index contributed by atoms with van der Waals surface area (Å²) in [6.07, 6.45) is 1.81. The summed E-state index contributed by atoms with van der Waals surface area (Å²) >= 11 is 0. The van der Waals surface area contributed by atoms with Crippen molar-refractivity contribution >= 4 is 16.7 Å². The minimum absolute atomic E-state index is 0.238. The van der Waals surface area contributed by atoms with Gasteiger partial charge in [-0.25, -0.2) is 9.37 Å². The molecule has 3 aromatic rings. The fourth-order valence-corrected chi connectivity index (χ4v) is 2.20. The quantitative estimate of drug-likeness (QED) is 0.693. The van der Waals surface area contributed by atoms with E-state index in [2.05, 4.69) is 15.3 Å². The van der Waals surface area contributed by atoms with Crippen molar-refractivity contribution < 1.29 is 4.39 Å². The van der Waals surface area contributed by atoms with Gasteiger partial charge >= 0.3 is 0 Å². The molecule has 0 aliphatic rings. The maximum absolute atomic E-state index is 13.1. The van der Waals surface area contributed by atoms with Crippen molar-refractivity contribution in [1.82, 2.24) is 9.97 Å². The van der Waals surface area contributed by atoms with Gasteiger partial charge in [0.05, 0.1) is 11.0 Å².